The van der Waals surface area contributed by atoms with Crippen LogP contribution in [0.2, 0.25) is 0 Å². The maximum absolute atomic E-state index is 12.6. The van der Waals surface area contributed by atoms with Gasteiger partial charge in [0.05, 0.1) is 0 Å². The minimum atomic E-state index is -0.408. The van der Waals surface area contributed by atoms with E-state index in [0.717, 1.165) is 5.56 Å². The summed E-state index contributed by atoms with van der Waals surface area (Å²) in [6, 6.07) is 4.11. The van der Waals surface area contributed by atoms with Crippen LogP contribution in [0.15, 0.2) is 18.2 Å². The summed E-state index contributed by atoms with van der Waals surface area (Å²) in [5.41, 5.74) is 1.15. The number of hydrogen-bond acceptors (Lipinski definition) is 2. The number of aldehydes is 1. The summed E-state index contributed by atoms with van der Waals surface area (Å²) in [7, 11) is 0. The first-order valence-electron chi connectivity index (χ1n) is 4.12. The average molecular weight is 182 g/mol. The Hall–Kier alpha value is -1.22. The van der Waals surface area contributed by atoms with Gasteiger partial charge in [0, 0.05) is 12.2 Å². The van der Waals surface area contributed by atoms with E-state index in [-0.39, 0.29) is 6.61 Å². The Morgan fingerprint density at radius 3 is 2.85 bits per heavy atom. The fraction of sp³-hybridized carbons (Fsp3) is 0.300. The largest absolute Gasteiger partial charge is 0.396 e. The van der Waals surface area contributed by atoms with Gasteiger partial charge in [0.1, 0.15) is 12.1 Å². The molecule has 0 unspecified atom stereocenters. The van der Waals surface area contributed by atoms with Gasteiger partial charge in [-0.1, -0.05) is 6.07 Å². The monoisotopic (exact) mass is 182 g/mol. The number of rotatable bonds is 4. The van der Waals surface area contributed by atoms with Crippen LogP contribution in [-0.2, 0) is 6.42 Å². The summed E-state index contributed by atoms with van der Waals surface area (Å²) in [4.78, 5) is 10.5. The predicted octanol–water partition coefficient (Wildman–Crippen LogP) is 1.56. The second-order valence-electron chi connectivity index (χ2n) is 2.79. The third-order valence-corrected chi connectivity index (χ3v) is 1.84. The van der Waals surface area contributed by atoms with Crippen molar-refractivity contribution in [1.29, 1.82) is 0 Å². The molecule has 13 heavy (non-hydrogen) atoms. The van der Waals surface area contributed by atoms with Gasteiger partial charge in [0.15, 0.2) is 0 Å². The summed E-state index contributed by atoms with van der Waals surface area (Å²) in [5.74, 6) is -0.408. The molecule has 0 fully saturated rings. The van der Waals surface area contributed by atoms with Crippen molar-refractivity contribution in [3.05, 3.63) is 35.1 Å². The highest BCUT2D eigenvalue weighted by molar-refractivity contribution is 5.77. The van der Waals surface area contributed by atoms with Crippen LogP contribution in [-0.4, -0.2) is 18.0 Å². The number of hydrogen-bond donors (Lipinski definition) is 1. The van der Waals surface area contributed by atoms with Gasteiger partial charge < -0.3 is 5.11 Å². The molecule has 0 aliphatic heterocycles. The molecule has 1 aromatic rings. The Bertz CT molecular complexity index is 297. The Kier molecular flexibility index (Phi) is 3.58. The van der Waals surface area contributed by atoms with Gasteiger partial charge in [-0.2, -0.15) is 0 Å². The second kappa shape index (κ2) is 4.72. The van der Waals surface area contributed by atoms with Crippen LogP contribution < -0.4 is 0 Å². The average Bonchev–Trinajstić information content (AvgIpc) is 2.16. The maximum atomic E-state index is 12.6. The third-order valence-electron chi connectivity index (χ3n) is 1.84. The Labute approximate surface area is 76.0 Å². The van der Waals surface area contributed by atoms with Gasteiger partial charge in [0.2, 0.25) is 0 Å². The SMILES string of the molecule is O=Cc1cc(F)ccc1CCCO. The van der Waals surface area contributed by atoms with Crippen molar-refractivity contribution in [1.82, 2.24) is 0 Å². The van der Waals surface area contributed by atoms with Crippen LogP contribution in [0.1, 0.15) is 22.3 Å². The molecule has 0 amide bonds. The predicted molar refractivity (Wildman–Crippen MR) is 47.2 cm³/mol. The van der Waals surface area contributed by atoms with E-state index in [0.29, 0.717) is 24.7 Å². The highest BCUT2D eigenvalue weighted by Crippen LogP contribution is 2.11. The summed E-state index contributed by atoms with van der Waals surface area (Å²) in [5, 5.41) is 8.58. The van der Waals surface area contributed by atoms with E-state index in [1.807, 2.05) is 0 Å². The molecule has 3 heteroatoms. The van der Waals surface area contributed by atoms with Gasteiger partial charge in [0.25, 0.3) is 0 Å². The van der Waals surface area contributed by atoms with Crippen LogP contribution in [0, 0.1) is 5.82 Å². The first kappa shape index (κ1) is 9.86. The smallest absolute Gasteiger partial charge is 0.150 e. The molecule has 0 heterocycles. The Balaban J connectivity index is 2.86. The van der Waals surface area contributed by atoms with E-state index < -0.39 is 5.82 Å². The van der Waals surface area contributed by atoms with E-state index in [1.54, 1.807) is 6.07 Å². The van der Waals surface area contributed by atoms with Crippen molar-refractivity contribution in [2.24, 2.45) is 0 Å². The molecule has 0 spiro atoms. The number of aryl methyl sites for hydroxylation is 1. The van der Waals surface area contributed by atoms with Gasteiger partial charge in [-0.05, 0) is 30.5 Å². The molecular formula is C10H11FO2. The molecule has 0 atom stereocenters. The maximum Gasteiger partial charge on any atom is 0.150 e. The molecule has 0 bridgehead atoms. The first-order chi connectivity index (χ1) is 6.27. The van der Waals surface area contributed by atoms with Gasteiger partial charge in [-0.15, -0.1) is 0 Å². The highest BCUT2D eigenvalue weighted by atomic mass is 19.1. The number of aliphatic hydroxyl groups is 1. The minimum Gasteiger partial charge on any atom is -0.396 e. The van der Waals surface area contributed by atoms with E-state index in [9.17, 15) is 9.18 Å². The molecule has 0 radical (unpaired) electrons. The molecule has 1 N–H and O–H groups in total. The van der Waals surface area contributed by atoms with Crippen molar-refractivity contribution in [3.8, 4) is 0 Å². The van der Waals surface area contributed by atoms with Crippen molar-refractivity contribution in [2.75, 3.05) is 6.61 Å². The van der Waals surface area contributed by atoms with E-state index in [1.165, 1.54) is 12.1 Å². The lowest BCUT2D eigenvalue weighted by Crippen LogP contribution is -1.96. The van der Waals surface area contributed by atoms with Crippen molar-refractivity contribution in [3.63, 3.8) is 0 Å². The van der Waals surface area contributed by atoms with Crippen molar-refractivity contribution >= 4 is 6.29 Å². The zero-order valence-corrected chi connectivity index (χ0v) is 7.16. The molecule has 0 saturated heterocycles. The Morgan fingerprint density at radius 1 is 1.46 bits per heavy atom. The number of carbonyl (C=O) groups excluding carboxylic acids is 1. The van der Waals surface area contributed by atoms with Crippen molar-refractivity contribution < 1.29 is 14.3 Å². The molecule has 1 rings (SSSR count). The number of benzene rings is 1. The van der Waals surface area contributed by atoms with Crippen LogP contribution in [0.3, 0.4) is 0 Å². The molecule has 0 aliphatic carbocycles. The lowest BCUT2D eigenvalue weighted by molar-refractivity contribution is 0.112. The van der Waals surface area contributed by atoms with Gasteiger partial charge >= 0.3 is 0 Å². The van der Waals surface area contributed by atoms with E-state index >= 15 is 0 Å². The topological polar surface area (TPSA) is 37.3 Å². The standard InChI is InChI=1S/C10H11FO2/c11-10-4-3-8(2-1-5-12)9(6-10)7-13/h3-4,6-7,12H,1-2,5H2. The number of aliphatic hydroxyl groups excluding tert-OH is 1. The summed E-state index contributed by atoms with van der Waals surface area (Å²) in [6.45, 7) is 0.0790. The summed E-state index contributed by atoms with van der Waals surface area (Å²) in [6.07, 6.45) is 1.83. The van der Waals surface area contributed by atoms with Gasteiger partial charge in [-0.3, -0.25) is 4.79 Å². The third kappa shape index (κ3) is 2.63. The first-order valence-corrected chi connectivity index (χ1v) is 4.12. The zero-order chi connectivity index (χ0) is 9.68. The number of halogens is 1. The molecule has 2 nitrogen and oxygen atoms in total. The second-order valence-corrected chi connectivity index (χ2v) is 2.79. The number of carbonyl (C=O) groups is 1. The fourth-order valence-corrected chi connectivity index (χ4v) is 1.17. The molecular weight excluding hydrogens is 171 g/mol. The quantitative estimate of drug-likeness (QED) is 0.717. The van der Waals surface area contributed by atoms with Crippen LogP contribution in [0.5, 0.6) is 0 Å². The summed E-state index contributed by atoms with van der Waals surface area (Å²) >= 11 is 0. The lowest BCUT2D eigenvalue weighted by Gasteiger charge is -2.02. The summed E-state index contributed by atoms with van der Waals surface area (Å²) < 4.78 is 12.6. The molecule has 0 aliphatic rings. The lowest BCUT2D eigenvalue weighted by atomic mass is 10.0. The minimum absolute atomic E-state index is 0.0790. The van der Waals surface area contributed by atoms with Crippen LogP contribution in [0.25, 0.3) is 0 Å². The van der Waals surface area contributed by atoms with Crippen molar-refractivity contribution in [2.45, 2.75) is 12.8 Å². The normalized spacial score (nSPS) is 10.0. The highest BCUT2D eigenvalue weighted by Gasteiger charge is 2.02. The van der Waals surface area contributed by atoms with Gasteiger partial charge in [-0.25, -0.2) is 4.39 Å². The Morgan fingerprint density at radius 2 is 2.23 bits per heavy atom. The molecule has 70 valence electrons. The van der Waals surface area contributed by atoms with E-state index in [2.05, 4.69) is 0 Å². The zero-order valence-electron chi connectivity index (χ0n) is 7.16. The fourth-order valence-electron chi connectivity index (χ4n) is 1.17. The molecule has 1 aromatic carbocycles. The van der Waals surface area contributed by atoms with Crippen LogP contribution in [0.4, 0.5) is 4.39 Å². The molecule has 0 saturated carbocycles. The van der Waals surface area contributed by atoms with E-state index in [4.69, 9.17) is 5.11 Å². The van der Waals surface area contributed by atoms with Crippen LogP contribution >= 0.6 is 0 Å². The molecule has 0 aromatic heterocycles.